The Balaban J connectivity index is 2.22. The fraction of sp³-hybridized carbons (Fsp3) is 0.300. The Bertz CT molecular complexity index is 543. The molecule has 1 aromatic carbocycles. The minimum absolute atomic E-state index is 0.158. The highest BCUT2D eigenvalue weighted by molar-refractivity contribution is 9.10. The molecular formula is C10H12BrClN6. The maximum Gasteiger partial charge on any atom is 0.176 e. The zero-order valence-electron chi connectivity index (χ0n) is 9.64. The predicted molar refractivity (Wildman–Crippen MR) is 71.7 cm³/mol. The van der Waals surface area contributed by atoms with E-state index in [1.54, 1.807) is 7.05 Å². The Hall–Kier alpha value is -1.02. The fourth-order valence-electron chi connectivity index (χ4n) is 1.63. The molecule has 0 radical (unpaired) electrons. The molecule has 18 heavy (non-hydrogen) atoms. The highest BCUT2D eigenvalue weighted by Crippen LogP contribution is 2.27. The van der Waals surface area contributed by atoms with E-state index in [4.69, 9.17) is 17.4 Å². The van der Waals surface area contributed by atoms with E-state index >= 15 is 0 Å². The van der Waals surface area contributed by atoms with E-state index in [2.05, 4.69) is 36.8 Å². The van der Waals surface area contributed by atoms with Crippen molar-refractivity contribution in [1.82, 2.24) is 25.6 Å². The maximum absolute atomic E-state index is 6.19. The first-order valence-corrected chi connectivity index (χ1v) is 6.41. The number of nitrogens with zero attached hydrogens (tertiary/aromatic N) is 4. The van der Waals surface area contributed by atoms with Crippen LogP contribution in [0.25, 0.3) is 0 Å². The van der Waals surface area contributed by atoms with Gasteiger partial charge in [-0.05, 0) is 22.9 Å². The lowest BCUT2D eigenvalue weighted by molar-refractivity contribution is 0.536. The molecule has 0 spiro atoms. The number of hydrogen-bond donors (Lipinski definition) is 2. The van der Waals surface area contributed by atoms with Gasteiger partial charge in [0.15, 0.2) is 5.82 Å². The third kappa shape index (κ3) is 3.05. The molecule has 0 aliphatic heterocycles. The van der Waals surface area contributed by atoms with Crippen LogP contribution in [0.4, 0.5) is 0 Å². The van der Waals surface area contributed by atoms with Crippen molar-refractivity contribution in [2.75, 3.05) is 0 Å². The van der Waals surface area contributed by atoms with Gasteiger partial charge in [0.1, 0.15) is 0 Å². The van der Waals surface area contributed by atoms with Crippen molar-refractivity contribution < 1.29 is 0 Å². The second-order valence-corrected chi connectivity index (χ2v) is 5.11. The Morgan fingerprint density at radius 3 is 2.89 bits per heavy atom. The number of nitrogens with two attached hydrogens (primary N) is 1. The van der Waals surface area contributed by atoms with Crippen LogP contribution in [0, 0.1) is 0 Å². The fourth-order valence-corrected chi connectivity index (χ4v) is 2.44. The summed E-state index contributed by atoms with van der Waals surface area (Å²) in [6, 6.07) is 5.49. The number of rotatable bonds is 4. The van der Waals surface area contributed by atoms with Gasteiger partial charge >= 0.3 is 0 Å². The van der Waals surface area contributed by atoms with Crippen molar-refractivity contribution >= 4 is 27.5 Å². The number of aromatic nitrogens is 4. The summed E-state index contributed by atoms with van der Waals surface area (Å²) in [6.07, 6.45) is 0.520. The van der Waals surface area contributed by atoms with E-state index in [-0.39, 0.29) is 6.04 Å². The van der Waals surface area contributed by atoms with Crippen molar-refractivity contribution in [3.05, 3.63) is 39.1 Å². The highest BCUT2D eigenvalue weighted by Gasteiger charge is 2.16. The van der Waals surface area contributed by atoms with E-state index in [9.17, 15) is 0 Å². The molecule has 1 heterocycles. The molecule has 0 saturated carbocycles. The van der Waals surface area contributed by atoms with Gasteiger partial charge in [0, 0.05) is 15.9 Å². The van der Waals surface area contributed by atoms with Crippen molar-refractivity contribution in [3.63, 3.8) is 0 Å². The van der Waals surface area contributed by atoms with E-state index in [1.165, 1.54) is 4.80 Å². The second kappa shape index (κ2) is 5.75. The van der Waals surface area contributed by atoms with Crippen LogP contribution in [0.3, 0.4) is 0 Å². The molecular weight excluding hydrogens is 320 g/mol. The lowest BCUT2D eigenvalue weighted by atomic mass is 10.0. The van der Waals surface area contributed by atoms with Gasteiger partial charge in [-0.2, -0.15) is 4.80 Å². The molecule has 0 fully saturated rings. The molecule has 0 bridgehead atoms. The summed E-state index contributed by atoms with van der Waals surface area (Å²) >= 11 is 9.55. The topological polar surface area (TPSA) is 81.7 Å². The molecule has 0 aliphatic carbocycles. The van der Waals surface area contributed by atoms with Crippen LogP contribution < -0.4 is 11.3 Å². The predicted octanol–water partition coefficient (Wildman–Crippen LogP) is 1.37. The Labute approximate surface area is 118 Å². The summed E-state index contributed by atoms with van der Waals surface area (Å²) in [4.78, 5) is 1.41. The number of benzene rings is 1. The molecule has 0 saturated heterocycles. The molecule has 1 atom stereocenters. The first kappa shape index (κ1) is 13.4. The molecule has 0 amide bonds. The van der Waals surface area contributed by atoms with Crippen LogP contribution in [-0.4, -0.2) is 20.2 Å². The van der Waals surface area contributed by atoms with E-state index < -0.39 is 0 Å². The van der Waals surface area contributed by atoms with E-state index in [1.807, 2.05) is 18.2 Å². The van der Waals surface area contributed by atoms with Crippen LogP contribution in [-0.2, 0) is 13.5 Å². The van der Waals surface area contributed by atoms with Gasteiger partial charge in [0.25, 0.3) is 0 Å². The third-order valence-corrected chi connectivity index (χ3v) is 3.30. The zero-order chi connectivity index (χ0) is 13.1. The van der Waals surface area contributed by atoms with Gasteiger partial charge in [-0.1, -0.05) is 33.6 Å². The quantitative estimate of drug-likeness (QED) is 0.653. The highest BCUT2D eigenvalue weighted by atomic mass is 79.9. The summed E-state index contributed by atoms with van der Waals surface area (Å²) in [6.45, 7) is 0. The summed E-state index contributed by atoms with van der Waals surface area (Å²) in [7, 11) is 1.72. The van der Waals surface area contributed by atoms with Gasteiger partial charge in [0.2, 0.25) is 0 Å². The average molecular weight is 332 g/mol. The number of hydrazine groups is 1. The largest absolute Gasteiger partial charge is 0.271 e. The van der Waals surface area contributed by atoms with Gasteiger partial charge in [0.05, 0.1) is 13.1 Å². The Morgan fingerprint density at radius 1 is 1.56 bits per heavy atom. The van der Waals surface area contributed by atoms with Crippen LogP contribution in [0.2, 0.25) is 5.02 Å². The lowest BCUT2D eigenvalue weighted by Crippen LogP contribution is -2.30. The van der Waals surface area contributed by atoms with Gasteiger partial charge in [-0.15, -0.1) is 10.2 Å². The van der Waals surface area contributed by atoms with Crippen molar-refractivity contribution in [2.45, 2.75) is 12.5 Å². The van der Waals surface area contributed by atoms with Gasteiger partial charge in [-0.25, -0.2) is 0 Å². The molecule has 6 nitrogen and oxygen atoms in total. The summed E-state index contributed by atoms with van der Waals surface area (Å²) in [5.41, 5.74) is 3.62. The maximum atomic E-state index is 6.19. The number of hydrogen-bond acceptors (Lipinski definition) is 5. The summed E-state index contributed by atoms with van der Waals surface area (Å²) in [5.74, 6) is 6.17. The third-order valence-electron chi connectivity index (χ3n) is 2.48. The minimum Gasteiger partial charge on any atom is -0.271 e. The molecule has 8 heteroatoms. The zero-order valence-corrected chi connectivity index (χ0v) is 12.0. The van der Waals surface area contributed by atoms with E-state index in [0.29, 0.717) is 17.3 Å². The molecule has 96 valence electrons. The van der Waals surface area contributed by atoms with Crippen LogP contribution >= 0.6 is 27.5 Å². The smallest absolute Gasteiger partial charge is 0.176 e. The molecule has 2 rings (SSSR count). The number of nitrogens with one attached hydrogen (secondary N) is 1. The molecule has 1 unspecified atom stereocenters. The van der Waals surface area contributed by atoms with Gasteiger partial charge in [-0.3, -0.25) is 11.3 Å². The number of tetrazole rings is 1. The normalized spacial score (nSPS) is 12.7. The van der Waals surface area contributed by atoms with Crippen LogP contribution in [0.5, 0.6) is 0 Å². The van der Waals surface area contributed by atoms with Crippen molar-refractivity contribution in [2.24, 2.45) is 12.9 Å². The first-order valence-electron chi connectivity index (χ1n) is 5.24. The van der Waals surface area contributed by atoms with Gasteiger partial charge < -0.3 is 0 Å². The Kier molecular flexibility index (Phi) is 4.28. The average Bonchev–Trinajstić information content (AvgIpc) is 2.72. The monoisotopic (exact) mass is 330 g/mol. The summed E-state index contributed by atoms with van der Waals surface area (Å²) in [5, 5.41) is 12.5. The van der Waals surface area contributed by atoms with E-state index in [0.717, 1.165) is 10.0 Å². The molecule has 2 aromatic rings. The Morgan fingerprint density at radius 2 is 2.33 bits per heavy atom. The lowest BCUT2D eigenvalue weighted by Gasteiger charge is -2.16. The number of aryl methyl sites for hydroxylation is 1. The van der Waals surface area contributed by atoms with Crippen LogP contribution in [0.15, 0.2) is 22.7 Å². The van der Waals surface area contributed by atoms with Crippen LogP contribution in [0.1, 0.15) is 17.4 Å². The summed E-state index contributed by atoms with van der Waals surface area (Å²) < 4.78 is 0.921. The van der Waals surface area contributed by atoms with Crippen molar-refractivity contribution in [3.8, 4) is 0 Å². The number of halogens is 2. The SMILES string of the molecule is Cn1nnc(CC(NN)c2ccc(Br)cc2Cl)n1. The molecule has 1 aromatic heterocycles. The molecule has 3 N–H and O–H groups in total. The second-order valence-electron chi connectivity index (χ2n) is 3.78. The van der Waals surface area contributed by atoms with Crippen molar-refractivity contribution in [1.29, 1.82) is 0 Å². The first-order chi connectivity index (χ1) is 8.60. The molecule has 0 aliphatic rings. The minimum atomic E-state index is -0.158. The standard InChI is InChI=1S/C10H12BrClN6/c1-18-16-10(15-17-18)5-9(14-13)7-3-2-6(11)4-8(7)12/h2-4,9,14H,5,13H2,1H3.